The topological polar surface area (TPSA) is 93.5 Å². The molecular formula is C17H21N3O4. The Morgan fingerprint density at radius 1 is 1.42 bits per heavy atom. The molecule has 1 unspecified atom stereocenters. The highest BCUT2D eigenvalue weighted by atomic mass is 16.5. The lowest BCUT2D eigenvalue weighted by molar-refractivity contribution is -0.138. The predicted molar refractivity (Wildman–Crippen MR) is 88.0 cm³/mol. The first-order chi connectivity index (χ1) is 11.2. The van der Waals surface area contributed by atoms with Crippen LogP contribution >= 0.6 is 0 Å². The van der Waals surface area contributed by atoms with E-state index < -0.39 is 11.5 Å². The highest BCUT2D eigenvalue weighted by Crippen LogP contribution is 2.28. The van der Waals surface area contributed by atoms with Crippen molar-refractivity contribution >= 4 is 11.9 Å². The van der Waals surface area contributed by atoms with Gasteiger partial charge in [0.25, 0.3) is 5.91 Å². The number of hydrogen-bond acceptors (Lipinski definition) is 4. The Kier molecular flexibility index (Phi) is 4.92. The Balaban J connectivity index is 2.38. The summed E-state index contributed by atoms with van der Waals surface area (Å²) in [5, 5.41) is 16.3. The Bertz CT molecular complexity index is 769. The van der Waals surface area contributed by atoms with E-state index in [-0.39, 0.29) is 12.3 Å². The lowest BCUT2D eigenvalue weighted by Crippen LogP contribution is -2.45. The molecule has 1 heterocycles. The number of nitrogens with zero attached hydrogens (tertiary/aromatic N) is 2. The lowest BCUT2D eigenvalue weighted by Gasteiger charge is -2.30. The van der Waals surface area contributed by atoms with Crippen LogP contribution in [0.1, 0.15) is 35.0 Å². The number of carboxylic acids is 1. The van der Waals surface area contributed by atoms with Crippen LogP contribution in [0.5, 0.6) is 5.75 Å². The van der Waals surface area contributed by atoms with E-state index in [1.807, 2.05) is 0 Å². The van der Waals surface area contributed by atoms with Crippen molar-refractivity contribution in [1.29, 1.82) is 0 Å². The van der Waals surface area contributed by atoms with E-state index in [1.165, 1.54) is 7.11 Å². The lowest BCUT2D eigenvalue weighted by atomic mass is 9.88. The second-order valence-electron chi connectivity index (χ2n) is 5.89. The second kappa shape index (κ2) is 6.74. The highest BCUT2D eigenvalue weighted by molar-refractivity contribution is 5.95. The summed E-state index contributed by atoms with van der Waals surface area (Å²) in [4.78, 5) is 23.9. The molecule has 7 heteroatoms. The third-order valence-electron chi connectivity index (χ3n) is 3.86. The van der Waals surface area contributed by atoms with Crippen molar-refractivity contribution in [2.24, 2.45) is 7.05 Å². The van der Waals surface area contributed by atoms with Crippen LogP contribution in [0.15, 0.2) is 30.5 Å². The van der Waals surface area contributed by atoms with Gasteiger partial charge >= 0.3 is 5.97 Å². The fourth-order valence-electron chi connectivity index (χ4n) is 2.63. The molecule has 2 aromatic rings. The predicted octanol–water partition coefficient (Wildman–Crippen LogP) is 1.86. The zero-order chi connectivity index (χ0) is 17.9. The summed E-state index contributed by atoms with van der Waals surface area (Å²) in [6.45, 7) is 3.41. The van der Waals surface area contributed by atoms with Gasteiger partial charge < -0.3 is 15.2 Å². The van der Waals surface area contributed by atoms with Crippen molar-refractivity contribution in [2.75, 3.05) is 7.11 Å². The Hall–Kier alpha value is -2.83. The van der Waals surface area contributed by atoms with Gasteiger partial charge in [0.05, 0.1) is 30.3 Å². The van der Waals surface area contributed by atoms with Crippen molar-refractivity contribution in [2.45, 2.75) is 25.8 Å². The number of methoxy groups -OCH3 is 1. The van der Waals surface area contributed by atoms with Crippen LogP contribution in [-0.4, -0.2) is 33.9 Å². The number of benzene rings is 1. The molecule has 1 atom stereocenters. The summed E-state index contributed by atoms with van der Waals surface area (Å²) in [6.07, 6.45) is 1.35. The maximum Gasteiger partial charge on any atom is 0.306 e. The van der Waals surface area contributed by atoms with Crippen LogP contribution in [0.2, 0.25) is 0 Å². The van der Waals surface area contributed by atoms with Crippen molar-refractivity contribution in [3.63, 3.8) is 0 Å². The Morgan fingerprint density at radius 2 is 2.12 bits per heavy atom. The van der Waals surface area contributed by atoms with E-state index in [1.54, 1.807) is 56.0 Å². The van der Waals surface area contributed by atoms with Gasteiger partial charge in [-0.2, -0.15) is 5.10 Å². The number of aryl methyl sites for hydroxylation is 2. The number of nitrogens with one attached hydrogen (secondary N) is 1. The first kappa shape index (κ1) is 17.5. The second-order valence-corrected chi connectivity index (χ2v) is 5.89. The van der Waals surface area contributed by atoms with Crippen LogP contribution in [0.4, 0.5) is 0 Å². The van der Waals surface area contributed by atoms with E-state index in [9.17, 15) is 14.7 Å². The molecule has 1 aromatic carbocycles. The molecule has 1 aromatic heterocycles. The molecule has 128 valence electrons. The minimum atomic E-state index is -1.08. The van der Waals surface area contributed by atoms with Crippen molar-refractivity contribution < 1.29 is 19.4 Å². The molecule has 0 spiro atoms. The van der Waals surface area contributed by atoms with Gasteiger partial charge in [0.2, 0.25) is 0 Å². The van der Waals surface area contributed by atoms with Gasteiger partial charge in [-0.1, -0.05) is 12.1 Å². The van der Waals surface area contributed by atoms with E-state index in [4.69, 9.17) is 4.74 Å². The van der Waals surface area contributed by atoms with Crippen LogP contribution < -0.4 is 10.1 Å². The van der Waals surface area contributed by atoms with Crippen LogP contribution in [0.25, 0.3) is 0 Å². The van der Waals surface area contributed by atoms with E-state index in [0.717, 1.165) is 0 Å². The largest absolute Gasteiger partial charge is 0.497 e. The number of aliphatic carboxylic acids is 1. The summed E-state index contributed by atoms with van der Waals surface area (Å²) in [6, 6.07) is 7.01. The summed E-state index contributed by atoms with van der Waals surface area (Å²) < 4.78 is 6.74. The number of hydrogen-bond donors (Lipinski definition) is 2. The van der Waals surface area contributed by atoms with E-state index in [0.29, 0.717) is 22.6 Å². The number of amides is 1. The van der Waals surface area contributed by atoms with Crippen LogP contribution in [-0.2, 0) is 17.4 Å². The molecule has 7 nitrogen and oxygen atoms in total. The van der Waals surface area contributed by atoms with Gasteiger partial charge in [-0.15, -0.1) is 0 Å². The average molecular weight is 331 g/mol. The van der Waals surface area contributed by atoms with Gasteiger partial charge in [0.1, 0.15) is 5.75 Å². The van der Waals surface area contributed by atoms with Crippen molar-refractivity contribution in [3.8, 4) is 5.75 Å². The first-order valence-corrected chi connectivity index (χ1v) is 7.44. The molecule has 2 N–H and O–H groups in total. The average Bonchev–Trinajstić information content (AvgIpc) is 2.85. The molecule has 24 heavy (non-hydrogen) atoms. The number of carbonyl (C=O) groups excluding carboxylic acids is 1. The smallest absolute Gasteiger partial charge is 0.306 e. The van der Waals surface area contributed by atoms with Gasteiger partial charge in [-0.05, 0) is 31.5 Å². The first-order valence-electron chi connectivity index (χ1n) is 7.44. The molecule has 0 saturated heterocycles. The highest BCUT2D eigenvalue weighted by Gasteiger charge is 2.33. The van der Waals surface area contributed by atoms with E-state index in [2.05, 4.69) is 10.4 Å². The number of rotatable bonds is 6. The van der Waals surface area contributed by atoms with Gasteiger partial charge in [0, 0.05) is 13.2 Å². The summed E-state index contributed by atoms with van der Waals surface area (Å²) >= 11 is 0. The van der Waals surface area contributed by atoms with Crippen molar-refractivity contribution in [3.05, 3.63) is 47.3 Å². The number of carbonyl (C=O) groups is 2. The fourth-order valence-corrected chi connectivity index (χ4v) is 2.63. The molecule has 0 fully saturated rings. The molecule has 0 saturated carbocycles. The van der Waals surface area contributed by atoms with Gasteiger partial charge in [0.15, 0.2) is 0 Å². The third-order valence-corrected chi connectivity index (χ3v) is 3.86. The maximum absolute atomic E-state index is 12.6. The van der Waals surface area contributed by atoms with E-state index >= 15 is 0 Å². The molecule has 0 bridgehead atoms. The molecule has 2 rings (SSSR count). The molecule has 0 aliphatic carbocycles. The minimum absolute atomic E-state index is 0.259. The fraction of sp³-hybridized carbons (Fsp3) is 0.353. The van der Waals surface area contributed by atoms with Crippen molar-refractivity contribution in [1.82, 2.24) is 15.1 Å². The molecular weight excluding hydrogens is 310 g/mol. The van der Waals surface area contributed by atoms with Crippen LogP contribution in [0.3, 0.4) is 0 Å². The zero-order valence-corrected chi connectivity index (χ0v) is 14.2. The monoisotopic (exact) mass is 331 g/mol. The SMILES string of the molecule is COc1cccc(C(C)(CC(=O)O)NC(=O)c2cn(C)nc2C)c1. The molecule has 0 radical (unpaired) electrons. The normalized spacial score (nSPS) is 13.2. The summed E-state index contributed by atoms with van der Waals surface area (Å²) in [5.41, 5.74) is 0.564. The summed E-state index contributed by atoms with van der Waals surface area (Å²) in [5.74, 6) is -0.786. The molecule has 0 aliphatic rings. The standard InChI is InChI=1S/C17H21N3O4/c1-11-14(10-20(3)19-11)16(23)18-17(2,9-15(21)22)12-6-5-7-13(8-12)24-4/h5-8,10H,9H2,1-4H3,(H,18,23)(H,21,22). The number of aromatic nitrogens is 2. The maximum atomic E-state index is 12.6. The van der Waals surface area contributed by atoms with Crippen LogP contribution in [0, 0.1) is 6.92 Å². The Labute approximate surface area is 140 Å². The number of ether oxygens (including phenoxy) is 1. The zero-order valence-electron chi connectivity index (χ0n) is 14.2. The molecule has 0 aliphatic heterocycles. The third kappa shape index (κ3) is 3.73. The van der Waals surface area contributed by atoms with Gasteiger partial charge in [-0.3, -0.25) is 14.3 Å². The molecule has 1 amide bonds. The van der Waals surface area contributed by atoms with Gasteiger partial charge in [-0.25, -0.2) is 0 Å². The minimum Gasteiger partial charge on any atom is -0.497 e. The Morgan fingerprint density at radius 3 is 2.67 bits per heavy atom. The number of carboxylic acid groups (broad SMARTS) is 1. The summed E-state index contributed by atoms with van der Waals surface area (Å²) in [7, 11) is 3.26. The quantitative estimate of drug-likeness (QED) is 0.842.